The normalized spacial score (nSPS) is 19.4. The zero-order chi connectivity index (χ0) is 17.5. The van der Waals surface area contributed by atoms with E-state index in [1.165, 1.54) is 32.1 Å². The first-order chi connectivity index (χ1) is 12.2. The van der Waals surface area contributed by atoms with Crippen LogP contribution in [-0.2, 0) is 9.59 Å². The van der Waals surface area contributed by atoms with E-state index >= 15 is 0 Å². The van der Waals surface area contributed by atoms with Crippen LogP contribution < -0.4 is 15.5 Å². The predicted molar refractivity (Wildman–Crippen MR) is 101 cm³/mol. The quantitative estimate of drug-likeness (QED) is 0.861. The molecule has 3 rings (SSSR count). The summed E-state index contributed by atoms with van der Waals surface area (Å²) in [5.41, 5.74) is 1.84. The monoisotopic (exact) mass is 343 g/mol. The summed E-state index contributed by atoms with van der Waals surface area (Å²) in [6.07, 6.45) is 10.1. The first-order valence-electron chi connectivity index (χ1n) is 9.66. The molecule has 1 saturated heterocycles. The lowest BCUT2D eigenvalue weighted by Gasteiger charge is -2.21. The number of nitrogens with one attached hydrogen (secondary N) is 2. The fourth-order valence-electron chi connectivity index (χ4n) is 3.74. The van der Waals surface area contributed by atoms with Crippen molar-refractivity contribution in [3.05, 3.63) is 24.3 Å². The van der Waals surface area contributed by atoms with Crippen LogP contribution in [0.25, 0.3) is 0 Å². The maximum Gasteiger partial charge on any atom is 0.239 e. The third-order valence-electron chi connectivity index (χ3n) is 5.18. The van der Waals surface area contributed by atoms with Gasteiger partial charge in [-0.2, -0.15) is 0 Å². The molecule has 5 nitrogen and oxygen atoms in total. The molecule has 1 aliphatic carbocycles. The highest BCUT2D eigenvalue weighted by atomic mass is 16.2. The average molecular weight is 343 g/mol. The average Bonchev–Trinajstić information content (AvgIpc) is 3.02. The Bertz CT molecular complexity index is 577. The molecule has 1 aromatic rings. The van der Waals surface area contributed by atoms with Crippen LogP contribution in [0.2, 0.25) is 0 Å². The van der Waals surface area contributed by atoms with Gasteiger partial charge in [-0.1, -0.05) is 32.1 Å². The maximum absolute atomic E-state index is 12.2. The summed E-state index contributed by atoms with van der Waals surface area (Å²) in [5.74, 6) is 0.253. The third kappa shape index (κ3) is 5.21. The molecule has 0 bridgehead atoms. The molecule has 0 unspecified atom stereocenters. The second kappa shape index (κ2) is 8.88. The molecule has 5 heteroatoms. The van der Waals surface area contributed by atoms with Gasteiger partial charge in [0.15, 0.2) is 0 Å². The largest absolute Gasteiger partial charge is 0.376 e. The molecule has 1 aliphatic heterocycles. The Morgan fingerprint density at radius 1 is 1.00 bits per heavy atom. The van der Waals surface area contributed by atoms with Gasteiger partial charge >= 0.3 is 0 Å². The Balaban J connectivity index is 1.44. The Morgan fingerprint density at radius 3 is 2.32 bits per heavy atom. The van der Waals surface area contributed by atoms with Crippen LogP contribution in [0.5, 0.6) is 0 Å². The number of hydrogen-bond donors (Lipinski definition) is 2. The van der Waals surface area contributed by atoms with Crippen molar-refractivity contribution < 1.29 is 9.59 Å². The number of nitrogens with zero attached hydrogens (tertiary/aromatic N) is 1. The van der Waals surface area contributed by atoms with Gasteiger partial charge in [0.2, 0.25) is 11.8 Å². The van der Waals surface area contributed by atoms with Crippen molar-refractivity contribution in [1.29, 1.82) is 0 Å². The summed E-state index contributed by atoms with van der Waals surface area (Å²) in [5, 5.41) is 6.34. The van der Waals surface area contributed by atoms with E-state index in [-0.39, 0.29) is 11.8 Å². The van der Waals surface area contributed by atoms with E-state index in [9.17, 15) is 9.59 Å². The Labute approximate surface area is 150 Å². The highest BCUT2D eigenvalue weighted by Gasteiger charge is 2.21. The zero-order valence-electron chi connectivity index (χ0n) is 14.9. The van der Waals surface area contributed by atoms with Gasteiger partial charge in [-0.15, -0.1) is 0 Å². The number of carbonyl (C=O) groups excluding carboxylic acids is 2. The molecule has 2 N–H and O–H groups in total. The van der Waals surface area contributed by atoms with E-state index in [1.807, 2.05) is 29.2 Å². The Morgan fingerprint density at radius 2 is 1.68 bits per heavy atom. The maximum atomic E-state index is 12.2. The van der Waals surface area contributed by atoms with Gasteiger partial charge in [-0.3, -0.25) is 9.59 Å². The summed E-state index contributed by atoms with van der Waals surface area (Å²) >= 11 is 0. The Hall–Kier alpha value is -2.04. The van der Waals surface area contributed by atoms with Gasteiger partial charge < -0.3 is 15.5 Å². The topological polar surface area (TPSA) is 61.4 Å². The molecule has 2 fully saturated rings. The summed E-state index contributed by atoms with van der Waals surface area (Å²) in [6.45, 7) is 1.09. The van der Waals surface area contributed by atoms with E-state index in [0.717, 1.165) is 37.2 Å². The SMILES string of the molecule is O=C(CNc1ccc(N2CCCC2=O)cc1)NC1CCCCCCC1. The minimum atomic E-state index is 0.0596. The van der Waals surface area contributed by atoms with Crippen LogP contribution in [0, 0.1) is 0 Å². The van der Waals surface area contributed by atoms with Gasteiger partial charge in [0.25, 0.3) is 0 Å². The Kier molecular flexibility index (Phi) is 6.31. The molecule has 2 amide bonds. The van der Waals surface area contributed by atoms with Gasteiger partial charge in [0.05, 0.1) is 6.54 Å². The van der Waals surface area contributed by atoms with Crippen molar-refractivity contribution in [3.63, 3.8) is 0 Å². The van der Waals surface area contributed by atoms with Crippen LogP contribution in [0.4, 0.5) is 11.4 Å². The van der Waals surface area contributed by atoms with E-state index in [2.05, 4.69) is 10.6 Å². The number of rotatable bonds is 5. The highest BCUT2D eigenvalue weighted by Crippen LogP contribution is 2.23. The van der Waals surface area contributed by atoms with Crippen LogP contribution in [0.15, 0.2) is 24.3 Å². The molecule has 136 valence electrons. The van der Waals surface area contributed by atoms with Crippen LogP contribution >= 0.6 is 0 Å². The first-order valence-corrected chi connectivity index (χ1v) is 9.66. The summed E-state index contributed by atoms with van der Waals surface area (Å²) in [6, 6.07) is 8.09. The molecule has 2 aliphatic rings. The van der Waals surface area contributed by atoms with Crippen LogP contribution in [-0.4, -0.2) is 30.9 Å². The minimum Gasteiger partial charge on any atom is -0.376 e. The molecule has 1 heterocycles. The van der Waals surface area contributed by atoms with Crippen molar-refractivity contribution in [2.75, 3.05) is 23.3 Å². The van der Waals surface area contributed by atoms with Crippen LogP contribution in [0.3, 0.4) is 0 Å². The standard InChI is InChI=1S/C20H29N3O2/c24-19(22-17-7-4-2-1-3-5-8-17)15-21-16-10-12-18(13-11-16)23-14-6-9-20(23)25/h10-13,17,21H,1-9,14-15H2,(H,22,24). The van der Waals surface area contributed by atoms with Gasteiger partial charge in [0, 0.05) is 30.4 Å². The van der Waals surface area contributed by atoms with Gasteiger partial charge in [-0.25, -0.2) is 0 Å². The van der Waals surface area contributed by atoms with Crippen molar-refractivity contribution in [2.24, 2.45) is 0 Å². The zero-order valence-corrected chi connectivity index (χ0v) is 14.9. The predicted octanol–water partition coefficient (Wildman–Crippen LogP) is 3.45. The molecular weight excluding hydrogens is 314 g/mol. The summed E-state index contributed by atoms with van der Waals surface area (Å²) < 4.78 is 0. The second-order valence-electron chi connectivity index (χ2n) is 7.16. The van der Waals surface area contributed by atoms with E-state index in [0.29, 0.717) is 19.0 Å². The van der Waals surface area contributed by atoms with E-state index in [4.69, 9.17) is 0 Å². The van der Waals surface area contributed by atoms with Crippen LogP contribution in [0.1, 0.15) is 57.8 Å². The second-order valence-corrected chi connectivity index (χ2v) is 7.16. The van der Waals surface area contributed by atoms with Gasteiger partial charge in [-0.05, 0) is 43.5 Å². The van der Waals surface area contributed by atoms with Crippen molar-refractivity contribution in [3.8, 4) is 0 Å². The smallest absolute Gasteiger partial charge is 0.239 e. The molecule has 1 aromatic carbocycles. The fraction of sp³-hybridized carbons (Fsp3) is 0.600. The van der Waals surface area contributed by atoms with Crippen molar-refractivity contribution in [2.45, 2.75) is 63.8 Å². The number of amides is 2. The van der Waals surface area contributed by atoms with Gasteiger partial charge in [0.1, 0.15) is 0 Å². The molecule has 25 heavy (non-hydrogen) atoms. The van der Waals surface area contributed by atoms with E-state index in [1.54, 1.807) is 0 Å². The number of hydrogen-bond acceptors (Lipinski definition) is 3. The summed E-state index contributed by atoms with van der Waals surface area (Å²) in [4.78, 5) is 25.8. The molecule has 1 saturated carbocycles. The van der Waals surface area contributed by atoms with Crippen molar-refractivity contribution in [1.82, 2.24) is 5.32 Å². The third-order valence-corrected chi connectivity index (χ3v) is 5.18. The lowest BCUT2D eigenvalue weighted by Crippen LogP contribution is -2.38. The molecule has 0 radical (unpaired) electrons. The number of benzene rings is 1. The first kappa shape index (κ1) is 17.8. The molecule has 0 aromatic heterocycles. The molecule has 0 atom stereocenters. The van der Waals surface area contributed by atoms with Crippen molar-refractivity contribution >= 4 is 23.2 Å². The highest BCUT2D eigenvalue weighted by molar-refractivity contribution is 5.95. The fourth-order valence-corrected chi connectivity index (χ4v) is 3.74. The summed E-state index contributed by atoms with van der Waals surface area (Å²) in [7, 11) is 0. The minimum absolute atomic E-state index is 0.0596. The number of carbonyl (C=O) groups is 2. The molecule has 0 spiro atoms. The van der Waals surface area contributed by atoms with E-state index < -0.39 is 0 Å². The molecular formula is C20H29N3O2. The lowest BCUT2D eigenvalue weighted by molar-refractivity contribution is -0.120. The lowest BCUT2D eigenvalue weighted by atomic mass is 9.97. The number of anilines is 2.